The number of carbonyl (C=O) groups is 3. The van der Waals surface area contributed by atoms with E-state index in [2.05, 4.69) is 0 Å². The Balaban J connectivity index is 1.74. The largest absolute Gasteiger partial charge is 0.465 e. The minimum absolute atomic E-state index is 0.0154. The Labute approximate surface area is 236 Å². The molecule has 12 heteroatoms. The summed E-state index contributed by atoms with van der Waals surface area (Å²) in [5, 5.41) is 13.3. The Bertz CT molecular complexity index is 1570. The first-order valence-corrected chi connectivity index (χ1v) is 13.6. The molecular weight excluding hydrogens is 561 g/mol. The second-order valence-corrected chi connectivity index (χ2v) is 10.6. The van der Waals surface area contributed by atoms with Crippen LogP contribution in [0.3, 0.4) is 0 Å². The Morgan fingerprint density at radius 2 is 1.85 bits per heavy atom. The van der Waals surface area contributed by atoms with E-state index in [0.29, 0.717) is 10.4 Å². The van der Waals surface area contributed by atoms with Crippen molar-refractivity contribution in [3.05, 3.63) is 103 Å². The molecule has 1 aliphatic carbocycles. The highest BCUT2D eigenvalue weighted by Gasteiger charge is 2.50. The van der Waals surface area contributed by atoms with Gasteiger partial charge in [0.1, 0.15) is 5.92 Å². The number of rotatable bonds is 6. The standard InChI is InChI=1S/C29H23F3N2O6S/c1-2-40-28(37)26-21(23-10-5-11-41-23)14-22-25(27(26)36)20(16-6-3-9-19(12-16)34(38)39)15-24(35)33(22)18-8-4-7-17(13-18)29(30,31)32/h3-13,20-21,26H,2,14-15H2,1H3/t20-,21+,26+/m0/s1. The van der Waals surface area contributed by atoms with Gasteiger partial charge in [0.25, 0.3) is 5.69 Å². The number of Topliss-reactive ketones (excluding diaryl/α,β-unsaturated/α-hetero) is 1. The van der Waals surface area contributed by atoms with Crippen molar-refractivity contribution in [1.82, 2.24) is 0 Å². The predicted octanol–water partition coefficient (Wildman–Crippen LogP) is 6.39. The third-order valence-electron chi connectivity index (χ3n) is 7.29. The number of nitrogens with zero attached hydrogens (tertiary/aromatic N) is 2. The van der Waals surface area contributed by atoms with Crippen molar-refractivity contribution in [3.63, 3.8) is 0 Å². The highest BCUT2D eigenvalue weighted by molar-refractivity contribution is 7.10. The van der Waals surface area contributed by atoms with E-state index in [-0.39, 0.29) is 42.1 Å². The number of anilines is 1. The van der Waals surface area contributed by atoms with Crippen LogP contribution < -0.4 is 4.90 Å². The third-order valence-corrected chi connectivity index (χ3v) is 8.29. The molecule has 0 fully saturated rings. The van der Waals surface area contributed by atoms with Crippen molar-refractivity contribution < 1.29 is 37.2 Å². The fraction of sp³-hybridized carbons (Fsp3) is 0.276. The number of nitro groups is 1. The number of alkyl halides is 3. The van der Waals surface area contributed by atoms with E-state index >= 15 is 0 Å². The molecule has 1 aliphatic heterocycles. The summed E-state index contributed by atoms with van der Waals surface area (Å²) in [6, 6.07) is 13.3. The normalized spacial score (nSPS) is 21.1. The quantitative estimate of drug-likeness (QED) is 0.144. The van der Waals surface area contributed by atoms with Gasteiger partial charge in [-0.05, 0) is 48.6 Å². The summed E-state index contributed by atoms with van der Waals surface area (Å²) in [6.45, 7) is 1.63. The Kier molecular flexibility index (Phi) is 7.52. The third kappa shape index (κ3) is 5.26. The maximum atomic E-state index is 14.3. The SMILES string of the molecule is CCOC(=O)[C@H]1C(=O)C2=C(C[C@@H]1c1cccs1)N(c1cccc(C(F)(F)F)c1)C(=O)C[C@H]2c1cccc([N+](=O)[O-])c1. The van der Waals surface area contributed by atoms with Gasteiger partial charge in [-0.2, -0.15) is 13.2 Å². The van der Waals surface area contributed by atoms with E-state index < -0.39 is 52.1 Å². The number of thiophene rings is 1. The van der Waals surface area contributed by atoms with Crippen LogP contribution in [-0.2, 0) is 25.3 Å². The van der Waals surface area contributed by atoms with Gasteiger partial charge in [-0.3, -0.25) is 29.4 Å². The van der Waals surface area contributed by atoms with Crippen molar-refractivity contribution in [3.8, 4) is 0 Å². The molecule has 2 heterocycles. The molecule has 0 saturated heterocycles. The van der Waals surface area contributed by atoms with E-state index in [1.165, 1.54) is 41.7 Å². The van der Waals surface area contributed by atoms with Crippen molar-refractivity contribution >= 4 is 40.4 Å². The highest BCUT2D eigenvalue weighted by atomic mass is 32.1. The van der Waals surface area contributed by atoms with Gasteiger partial charge in [-0.15, -0.1) is 11.3 Å². The Hall–Kier alpha value is -4.32. The van der Waals surface area contributed by atoms with Crippen LogP contribution in [0.4, 0.5) is 24.5 Å². The number of esters is 1. The van der Waals surface area contributed by atoms with Crippen molar-refractivity contribution in [2.45, 2.75) is 37.8 Å². The highest BCUT2D eigenvalue weighted by Crippen LogP contribution is 2.50. The molecule has 2 aromatic carbocycles. The minimum Gasteiger partial charge on any atom is -0.465 e. The fourth-order valence-electron chi connectivity index (χ4n) is 5.56. The van der Waals surface area contributed by atoms with E-state index in [9.17, 15) is 37.7 Å². The molecule has 0 unspecified atom stereocenters. The number of non-ortho nitro benzene ring substituents is 1. The van der Waals surface area contributed by atoms with E-state index in [0.717, 1.165) is 17.0 Å². The molecule has 1 aromatic heterocycles. The van der Waals surface area contributed by atoms with Gasteiger partial charge in [-0.25, -0.2) is 0 Å². The summed E-state index contributed by atoms with van der Waals surface area (Å²) in [5.74, 6) is -4.89. The number of carbonyl (C=O) groups excluding carboxylic acids is 3. The van der Waals surface area contributed by atoms with Crippen LogP contribution in [0.5, 0.6) is 0 Å². The van der Waals surface area contributed by atoms with Gasteiger partial charge < -0.3 is 4.74 Å². The molecule has 1 amide bonds. The maximum Gasteiger partial charge on any atom is 0.416 e. The number of benzene rings is 2. The number of ketones is 1. The summed E-state index contributed by atoms with van der Waals surface area (Å²) in [4.78, 5) is 53.9. The molecule has 0 spiro atoms. The number of hydrogen-bond donors (Lipinski definition) is 0. The van der Waals surface area contributed by atoms with Gasteiger partial charge in [0, 0.05) is 52.2 Å². The number of hydrogen-bond acceptors (Lipinski definition) is 7. The lowest BCUT2D eigenvalue weighted by atomic mass is 9.69. The lowest BCUT2D eigenvalue weighted by Crippen LogP contribution is -2.46. The molecule has 3 atom stereocenters. The smallest absolute Gasteiger partial charge is 0.416 e. The average Bonchev–Trinajstić information content (AvgIpc) is 3.47. The minimum atomic E-state index is -4.67. The zero-order valence-corrected chi connectivity index (χ0v) is 22.4. The van der Waals surface area contributed by atoms with E-state index in [4.69, 9.17) is 4.74 Å². The second-order valence-electron chi connectivity index (χ2n) is 9.67. The van der Waals surface area contributed by atoms with Gasteiger partial charge >= 0.3 is 12.1 Å². The summed E-state index contributed by atoms with van der Waals surface area (Å²) < 4.78 is 46.1. The van der Waals surface area contributed by atoms with Crippen molar-refractivity contribution in [2.24, 2.45) is 5.92 Å². The molecule has 3 aromatic rings. The van der Waals surface area contributed by atoms with Crippen LogP contribution in [0.15, 0.2) is 77.3 Å². The first kappa shape index (κ1) is 28.2. The van der Waals surface area contributed by atoms with E-state index in [1.807, 2.05) is 0 Å². The van der Waals surface area contributed by atoms with Crippen molar-refractivity contribution in [2.75, 3.05) is 11.5 Å². The summed E-state index contributed by atoms with van der Waals surface area (Å²) in [6.07, 6.45) is -5.03. The second kappa shape index (κ2) is 10.9. The van der Waals surface area contributed by atoms with Gasteiger partial charge in [0.2, 0.25) is 5.91 Å². The van der Waals surface area contributed by atoms with Crippen LogP contribution in [0.2, 0.25) is 0 Å². The molecule has 0 bridgehead atoms. The zero-order chi connectivity index (χ0) is 29.5. The monoisotopic (exact) mass is 584 g/mol. The number of allylic oxidation sites excluding steroid dienone is 2. The molecule has 41 heavy (non-hydrogen) atoms. The fourth-order valence-corrected chi connectivity index (χ4v) is 6.43. The average molecular weight is 585 g/mol. The van der Waals surface area contributed by atoms with Crippen LogP contribution in [0.1, 0.15) is 47.6 Å². The zero-order valence-electron chi connectivity index (χ0n) is 21.6. The van der Waals surface area contributed by atoms with Crippen molar-refractivity contribution in [1.29, 1.82) is 0 Å². The van der Waals surface area contributed by atoms with Gasteiger partial charge in [-0.1, -0.05) is 24.3 Å². The van der Waals surface area contributed by atoms with Crippen LogP contribution in [-0.4, -0.2) is 29.2 Å². The van der Waals surface area contributed by atoms with E-state index in [1.54, 1.807) is 30.5 Å². The van der Waals surface area contributed by atoms with Gasteiger partial charge in [0.15, 0.2) is 5.78 Å². The van der Waals surface area contributed by atoms with Gasteiger partial charge in [0.05, 0.1) is 17.1 Å². The molecule has 0 radical (unpaired) electrons. The van der Waals surface area contributed by atoms with Crippen LogP contribution >= 0.6 is 11.3 Å². The first-order chi connectivity index (χ1) is 19.5. The van der Waals surface area contributed by atoms with Crippen LogP contribution in [0, 0.1) is 16.0 Å². The molecule has 0 N–H and O–H groups in total. The summed E-state index contributed by atoms with van der Waals surface area (Å²) >= 11 is 1.31. The lowest BCUT2D eigenvalue weighted by Gasteiger charge is -2.42. The first-order valence-electron chi connectivity index (χ1n) is 12.7. The molecule has 212 valence electrons. The number of amides is 1. The number of halogens is 3. The topological polar surface area (TPSA) is 107 Å². The molecule has 8 nitrogen and oxygen atoms in total. The Morgan fingerprint density at radius 3 is 2.51 bits per heavy atom. The lowest BCUT2D eigenvalue weighted by molar-refractivity contribution is -0.384. The number of nitro benzene ring substituents is 1. The summed E-state index contributed by atoms with van der Waals surface area (Å²) in [7, 11) is 0. The molecule has 2 aliphatic rings. The molecule has 0 saturated carbocycles. The summed E-state index contributed by atoms with van der Waals surface area (Å²) in [5.41, 5.74) is -0.739. The molecular formula is C29H23F3N2O6S. The predicted molar refractivity (Wildman–Crippen MR) is 143 cm³/mol. The molecule has 5 rings (SSSR count). The maximum absolute atomic E-state index is 14.3. The number of ether oxygens (including phenoxy) is 1. The Morgan fingerprint density at radius 1 is 1.10 bits per heavy atom. The van der Waals surface area contributed by atoms with Crippen LogP contribution in [0.25, 0.3) is 0 Å².